The van der Waals surface area contributed by atoms with Crippen LogP contribution in [-0.4, -0.2) is 48.0 Å². The van der Waals surface area contributed by atoms with E-state index in [1.54, 1.807) is 28.9 Å². The number of carbonyl (C=O) groups is 2. The van der Waals surface area contributed by atoms with Gasteiger partial charge < -0.3 is 10.1 Å². The van der Waals surface area contributed by atoms with Gasteiger partial charge in [-0.3, -0.25) is 13.9 Å². The van der Waals surface area contributed by atoms with Gasteiger partial charge in [-0.05, 0) is 98.9 Å². The van der Waals surface area contributed by atoms with Gasteiger partial charge in [0.2, 0.25) is 5.78 Å². The van der Waals surface area contributed by atoms with Crippen LogP contribution in [0.1, 0.15) is 69.9 Å². The number of methoxy groups -OCH3 is 1. The molecule has 4 saturated carbocycles. The Bertz CT molecular complexity index is 2180. The summed E-state index contributed by atoms with van der Waals surface area (Å²) in [4.78, 5) is 40.7. The lowest BCUT2D eigenvalue weighted by Gasteiger charge is -2.56. The predicted molar refractivity (Wildman–Crippen MR) is 184 cm³/mol. The molecule has 4 fully saturated rings. The molecule has 242 valence electrons. The minimum absolute atomic E-state index is 0.223. The molecule has 10 rings (SSSR count). The number of para-hydroxylation sites is 1. The van der Waals surface area contributed by atoms with Crippen LogP contribution < -0.4 is 5.32 Å². The van der Waals surface area contributed by atoms with Gasteiger partial charge in [0, 0.05) is 35.8 Å². The van der Waals surface area contributed by atoms with Crippen molar-refractivity contribution in [2.24, 2.45) is 23.2 Å². The zero-order valence-corrected chi connectivity index (χ0v) is 27.7. The Labute approximate surface area is 281 Å². The second kappa shape index (κ2) is 11.1. The molecular weight excluding hydrogens is 623 g/mol. The standard InChI is InChI=1S/C37H35N7O3S/c1-21-27(18-40-44(21)20-37-15-22-12-23(16-37)14-24(13-22)17-37)25-9-11-43-30(19-39-34(43)31(25)36(46)47-2)42-33-26(6-5-10-38-33)32(45)35-41-28-7-3-4-8-29(28)48-35/h3-11,18-19,22-24H,12-17,20H2,1-2H3,(H,38,42). The first kappa shape index (κ1) is 29.3. The quantitative estimate of drug-likeness (QED) is 0.132. The van der Waals surface area contributed by atoms with Crippen LogP contribution in [-0.2, 0) is 11.3 Å². The van der Waals surface area contributed by atoms with E-state index in [0.717, 1.165) is 51.3 Å². The van der Waals surface area contributed by atoms with E-state index in [4.69, 9.17) is 9.84 Å². The number of pyridine rings is 2. The summed E-state index contributed by atoms with van der Waals surface area (Å²) < 4.78 is 10.2. The van der Waals surface area contributed by atoms with E-state index in [2.05, 4.69) is 31.9 Å². The van der Waals surface area contributed by atoms with Gasteiger partial charge in [-0.15, -0.1) is 11.3 Å². The largest absolute Gasteiger partial charge is 0.465 e. The SMILES string of the molecule is COC(=O)c1c(-c2cnn(CC34CC5CC(CC(C5)C3)C4)c2C)ccn2c(Nc3ncccc3C(=O)c3nc4ccccc4s3)cnc12. The smallest absolute Gasteiger partial charge is 0.342 e. The van der Waals surface area contributed by atoms with Crippen LogP contribution in [0.25, 0.3) is 27.0 Å². The van der Waals surface area contributed by atoms with Crippen LogP contribution in [0.4, 0.5) is 11.6 Å². The van der Waals surface area contributed by atoms with E-state index < -0.39 is 5.97 Å². The Morgan fingerprint density at radius 3 is 2.50 bits per heavy atom. The lowest BCUT2D eigenvalue weighted by atomic mass is 9.49. The number of ketones is 1. The Hall–Kier alpha value is -4.90. The average molecular weight is 658 g/mol. The molecule has 0 atom stereocenters. The summed E-state index contributed by atoms with van der Waals surface area (Å²) in [6.45, 7) is 3.02. The molecule has 11 heteroatoms. The molecule has 0 unspecified atom stereocenters. The predicted octanol–water partition coefficient (Wildman–Crippen LogP) is 7.49. The minimum Gasteiger partial charge on any atom is -0.465 e. The molecule has 6 aromatic rings. The topological polar surface area (TPSA) is 116 Å². The van der Waals surface area contributed by atoms with Gasteiger partial charge in [0.25, 0.3) is 0 Å². The van der Waals surface area contributed by atoms with Crippen molar-refractivity contribution in [3.05, 3.63) is 89.1 Å². The Morgan fingerprint density at radius 1 is 0.979 bits per heavy atom. The number of carbonyl (C=O) groups excluding carboxylic acids is 2. The number of hydrogen-bond acceptors (Lipinski definition) is 9. The fourth-order valence-electron chi connectivity index (χ4n) is 9.24. The Kier molecular flexibility index (Phi) is 6.76. The highest BCUT2D eigenvalue weighted by Crippen LogP contribution is 2.60. The highest BCUT2D eigenvalue weighted by molar-refractivity contribution is 7.20. The second-order valence-corrected chi connectivity index (χ2v) is 15.0. The molecule has 1 N–H and O–H groups in total. The third-order valence-corrected chi connectivity index (χ3v) is 11.9. The number of fused-ring (bicyclic) bond motifs is 2. The van der Waals surface area contributed by atoms with Crippen molar-refractivity contribution in [3.63, 3.8) is 0 Å². The van der Waals surface area contributed by atoms with Crippen molar-refractivity contribution < 1.29 is 14.3 Å². The van der Waals surface area contributed by atoms with E-state index in [1.165, 1.54) is 57.0 Å². The fraction of sp³-hybridized carbons (Fsp3) is 0.351. The molecule has 5 aromatic heterocycles. The number of thiazole rings is 1. The fourth-order valence-corrected chi connectivity index (χ4v) is 10.2. The third kappa shape index (κ3) is 4.74. The lowest BCUT2D eigenvalue weighted by molar-refractivity contribution is -0.0638. The summed E-state index contributed by atoms with van der Waals surface area (Å²) in [5, 5.41) is 8.56. The monoisotopic (exact) mass is 657 g/mol. The van der Waals surface area contributed by atoms with Gasteiger partial charge in [-0.25, -0.2) is 19.7 Å². The number of aromatic nitrogens is 6. The summed E-state index contributed by atoms with van der Waals surface area (Å²) in [5.74, 6) is 2.83. The number of benzene rings is 1. The second-order valence-electron chi connectivity index (χ2n) is 14.0. The van der Waals surface area contributed by atoms with Crippen molar-refractivity contribution in [2.45, 2.75) is 52.0 Å². The molecule has 0 amide bonds. The molecule has 0 aliphatic heterocycles. The van der Waals surface area contributed by atoms with E-state index in [-0.39, 0.29) is 5.78 Å². The summed E-state index contributed by atoms with van der Waals surface area (Å²) in [5.41, 5.74) is 4.96. The maximum Gasteiger partial charge on any atom is 0.342 e. The molecule has 48 heavy (non-hydrogen) atoms. The summed E-state index contributed by atoms with van der Waals surface area (Å²) in [6, 6.07) is 13.1. The maximum atomic E-state index is 13.6. The first-order valence-corrected chi connectivity index (χ1v) is 17.4. The van der Waals surface area contributed by atoms with E-state index >= 15 is 0 Å². The maximum absolute atomic E-state index is 13.6. The first-order chi connectivity index (χ1) is 23.4. The summed E-state index contributed by atoms with van der Waals surface area (Å²) >= 11 is 1.35. The minimum atomic E-state index is -0.481. The van der Waals surface area contributed by atoms with Crippen molar-refractivity contribution in [3.8, 4) is 11.1 Å². The first-order valence-electron chi connectivity index (χ1n) is 16.6. The zero-order chi connectivity index (χ0) is 32.6. The molecule has 5 heterocycles. The lowest BCUT2D eigenvalue weighted by Crippen LogP contribution is -2.48. The molecule has 4 bridgehead atoms. The molecule has 0 spiro atoms. The van der Waals surface area contributed by atoms with Gasteiger partial charge in [0.1, 0.15) is 17.2 Å². The molecule has 10 nitrogen and oxygen atoms in total. The van der Waals surface area contributed by atoms with Crippen LogP contribution in [0.2, 0.25) is 0 Å². The number of imidazole rings is 1. The highest BCUT2D eigenvalue weighted by Gasteiger charge is 2.51. The molecule has 4 aliphatic rings. The van der Waals surface area contributed by atoms with Crippen molar-refractivity contribution in [2.75, 3.05) is 12.4 Å². The van der Waals surface area contributed by atoms with Crippen LogP contribution in [0.5, 0.6) is 0 Å². The molecule has 0 radical (unpaired) electrons. The van der Waals surface area contributed by atoms with Crippen LogP contribution in [0, 0.1) is 30.1 Å². The van der Waals surface area contributed by atoms with Gasteiger partial charge in [-0.1, -0.05) is 12.1 Å². The van der Waals surface area contributed by atoms with Crippen molar-refractivity contribution in [1.82, 2.24) is 29.1 Å². The molecular formula is C37H35N7O3S. The van der Waals surface area contributed by atoms with Crippen molar-refractivity contribution >= 4 is 50.6 Å². The number of esters is 1. The van der Waals surface area contributed by atoms with Crippen LogP contribution in [0.15, 0.2) is 67.3 Å². The zero-order valence-electron chi connectivity index (χ0n) is 26.8. The third-order valence-electron chi connectivity index (χ3n) is 10.9. The number of rotatable bonds is 8. The number of anilines is 2. The van der Waals surface area contributed by atoms with E-state index in [1.807, 2.05) is 42.7 Å². The van der Waals surface area contributed by atoms with Crippen molar-refractivity contribution in [1.29, 1.82) is 0 Å². The van der Waals surface area contributed by atoms with Gasteiger partial charge in [0.05, 0.1) is 35.3 Å². The number of ether oxygens (including phenoxy) is 1. The van der Waals surface area contributed by atoms with Crippen LogP contribution >= 0.6 is 11.3 Å². The Balaban J connectivity index is 1.05. The molecule has 4 aliphatic carbocycles. The van der Waals surface area contributed by atoms with Crippen LogP contribution in [0.3, 0.4) is 0 Å². The highest BCUT2D eigenvalue weighted by atomic mass is 32.1. The van der Waals surface area contributed by atoms with E-state index in [9.17, 15) is 9.59 Å². The van der Waals surface area contributed by atoms with Gasteiger partial charge in [-0.2, -0.15) is 5.10 Å². The number of nitrogens with one attached hydrogen (secondary N) is 1. The molecule has 1 aromatic carbocycles. The average Bonchev–Trinajstić information content (AvgIpc) is 3.80. The summed E-state index contributed by atoms with van der Waals surface area (Å²) in [7, 11) is 1.38. The Morgan fingerprint density at radius 2 is 1.75 bits per heavy atom. The molecule has 0 saturated heterocycles. The van der Waals surface area contributed by atoms with Gasteiger partial charge >= 0.3 is 5.97 Å². The number of hydrogen-bond donors (Lipinski definition) is 1. The number of nitrogens with zero attached hydrogens (tertiary/aromatic N) is 6. The van der Waals surface area contributed by atoms with Gasteiger partial charge in [0.15, 0.2) is 10.7 Å². The normalized spacial score (nSPS) is 22.8. The summed E-state index contributed by atoms with van der Waals surface area (Å²) in [6.07, 6.45) is 15.2. The van der Waals surface area contributed by atoms with E-state index in [0.29, 0.717) is 38.8 Å².